The number of hydrogen-bond acceptors (Lipinski definition) is 3. The number of hydrogen-bond donors (Lipinski definition) is 1. The zero-order valence-corrected chi connectivity index (χ0v) is 17.8. The predicted molar refractivity (Wildman–Crippen MR) is 119 cm³/mol. The third-order valence-electron chi connectivity index (χ3n) is 5.08. The maximum atomic E-state index is 13.9. The number of carbonyl (C=O) groups excluding carboxylic acids is 2. The highest BCUT2D eigenvalue weighted by molar-refractivity contribution is 6.51. The molecule has 1 aliphatic heterocycles. The maximum absolute atomic E-state index is 13.9. The predicted octanol–water partition coefficient (Wildman–Crippen LogP) is 6.07. The molecule has 1 heterocycles. The molecule has 0 aromatic heterocycles. The molecule has 1 atom stereocenters. The first-order valence-electron chi connectivity index (χ1n) is 9.36. The Kier molecular flexibility index (Phi) is 5.56. The lowest BCUT2D eigenvalue weighted by atomic mass is 9.94. The van der Waals surface area contributed by atoms with Gasteiger partial charge in [-0.25, -0.2) is 4.39 Å². The Hall–Kier alpha value is -3.15. The average Bonchev–Trinajstić information content (AvgIpc) is 3.00. The molecule has 0 bridgehead atoms. The number of benzene rings is 3. The van der Waals surface area contributed by atoms with Crippen LogP contribution in [0.1, 0.15) is 22.7 Å². The van der Waals surface area contributed by atoms with Crippen LogP contribution in [0.25, 0.3) is 5.76 Å². The first-order chi connectivity index (χ1) is 14.8. The van der Waals surface area contributed by atoms with E-state index < -0.39 is 23.5 Å². The minimum absolute atomic E-state index is 0.113. The van der Waals surface area contributed by atoms with Crippen molar-refractivity contribution in [3.05, 3.63) is 105 Å². The van der Waals surface area contributed by atoms with Crippen LogP contribution >= 0.6 is 23.2 Å². The van der Waals surface area contributed by atoms with Crippen molar-refractivity contribution in [2.45, 2.75) is 13.0 Å². The quantitative estimate of drug-likeness (QED) is 0.296. The number of ketones is 1. The van der Waals surface area contributed by atoms with E-state index >= 15 is 0 Å². The normalized spacial score (nSPS) is 17.9. The van der Waals surface area contributed by atoms with Crippen molar-refractivity contribution in [1.29, 1.82) is 0 Å². The van der Waals surface area contributed by atoms with Crippen LogP contribution in [0.15, 0.2) is 72.3 Å². The molecule has 31 heavy (non-hydrogen) atoms. The standard InChI is InChI=1S/C24H16Cl2FNO3/c1-13-4-2-5-14(10-13)21-20(22(29)15-8-9-18(25)19(26)11-15)23(30)24(31)28(21)17-7-3-6-16(27)12-17/h2-12,21,29H,1H3/b22-20+. The summed E-state index contributed by atoms with van der Waals surface area (Å²) in [6.07, 6.45) is 0. The van der Waals surface area contributed by atoms with Gasteiger partial charge in [-0.05, 0) is 48.9 Å². The Labute approximate surface area is 188 Å². The number of amides is 1. The Morgan fingerprint density at radius 2 is 1.71 bits per heavy atom. The second-order valence-electron chi connectivity index (χ2n) is 7.19. The minimum atomic E-state index is -0.948. The van der Waals surface area contributed by atoms with E-state index in [2.05, 4.69) is 0 Å². The fourth-order valence-corrected chi connectivity index (χ4v) is 3.98. The van der Waals surface area contributed by atoms with Crippen molar-refractivity contribution in [2.24, 2.45) is 0 Å². The van der Waals surface area contributed by atoms with Gasteiger partial charge in [0.25, 0.3) is 11.7 Å². The van der Waals surface area contributed by atoms with Crippen molar-refractivity contribution >= 4 is 46.3 Å². The van der Waals surface area contributed by atoms with Gasteiger partial charge < -0.3 is 5.11 Å². The summed E-state index contributed by atoms with van der Waals surface area (Å²) >= 11 is 12.0. The number of halogens is 3. The molecule has 1 saturated heterocycles. The molecule has 1 unspecified atom stereocenters. The lowest BCUT2D eigenvalue weighted by molar-refractivity contribution is -0.132. The summed E-state index contributed by atoms with van der Waals surface area (Å²) in [5.41, 5.74) is 1.84. The van der Waals surface area contributed by atoms with Gasteiger partial charge in [-0.3, -0.25) is 14.5 Å². The molecule has 0 spiro atoms. The van der Waals surface area contributed by atoms with Gasteiger partial charge in [0.1, 0.15) is 11.6 Å². The van der Waals surface area contributed by atoms with Gasteiger partial charge in [0.05, 0.1) is 21.7 Å². The van der Waals surface area contributed by atoms with Crippen molar-refractivity contribution in [3.8, 4) is 0 Å². The fraction of sp³-hybridized carbons (Fsp3) is 0.0833. The number of aryl methyl sites for hydroxylation is 1. The number of carbonyl (C=O) groups is 2. The van der Waals surface area contributed by atoms with E-state index in [1.54, 1.807) is 12.1 Å². The highest BCUT2D eigenvalue weighted by Gasteiger charge is 2.47. The molecule has 0 aliphatic carbocycles. The molecule has 4 nitrogen and oxygen atoms in total. The van der Waals surface area contributed by atoms with Crippen molar-refractivity contribution in [3.63, 3.8) is 0 Å². The second-order valence-corrected chi connectivity index (χ2v) is 8.01. The summed E-state index contributed by atoms with van der Waals surface area (Å²) in [5, 5.41) is 11.5. The van der Waals surface area contributed by atoms with Gasteiger partial charge in [0, 0.05) is 11.3 Å². The van der Waals surface area contributed by atoms with Gasteiger partial charge in [0.15, 0.2) is 0 Å². The van der Waals surface area contributed by atoms with Gasteiger partial charge in [-0.15, -0.1) is 0 Å². The summed E-state index contributed by atoms with van der Waals surface area (Å²) in [6, 6.07) is 16.1. The van der Waals surface area contributed by atoms with E-state index in [0.717, 1.165) is 5.56 Å². The smallest absolute Gasteiger partial charge is 0.300 e. The van der Waals surface area contributed by atoms with Crippen molar-refractivity contribution < 1.29 is 19.1 Å². The fourth-order valence-electron chi connectivity index (χ4n) is 3.68. The number of Topliss-reactive ketones (excluding diaryl/α,β-unsaturated/α-hetero) is 1. The molecule has 156 valence electrons. The highest BCUT2D eigenvalue weighted by atomic mass is 35.5. The van der Waals surface area contributed by atoms with Crippen LogP contribution in [0, 0.1) is 12.7 Å². The van der Waals surface area contributed by atoms with E-state index in [9.17, 15) is 19.1 Å². The van der Waals surface area contributed by atoms with Crippen LogP contribution in [0.4, 0.5) is 10.1 Å². The Morgan fingerprint density at radius 3 is 2.39 bits per heavy atom. The van der Waals surface area contributed by atoms with Crippen molar-refractivity contribution in [2.75, 3.05) is 4.90 Å². The molecule has 1 N–H and O–H groups in total. The number of aliphatic hydroxyl groups is 1. The summed E-state index contributed by atoms with van der Waals surface area (Å²) in [7, 11) is 0. The number of aliphatic hydroxyl groups excluding tert-OH is 1. The summed E-state index contributed by atoms with van der Waals surface area (Å²) in [5.74, 6) is -2.67. The zero-order chi connectivity index (χ0) is 22.3. The van der Waals surface area contributed by atoms with Gasteiger partial charge in [0.2, 0.25) is 0 Å². The summed E-state index contributed by atoms with van der Waals surface area (Å²) in [4.78, 5) is 27.3. The number of anilines is 1. The van der Waals surface area contributed by atoms with Gasteiger partial charge in [-0.1, -0.05) is 59.1 Å². The number of nitrogens with zero attached hydrogens (tertiary/aromatic N) is 1. The molecule has 4 rings (SSSR count). The lowest BCUT2D eigenvalue weighted by Gasteiger charge is -2.25. The minimum Gasteiger partial charge on any atom is -0.507 e. The van der Waals surface area contributed by atoms with Crippen LogP contribution in [0.5, 0.6) is 0 Å². The molecule has 7 heteroatoms. The first-order valence-corrected chi connectivity index (χ1v) is 10.1. The van der Waals surface area contributed by atoms with E-state index in [4.69, 9.17) is 23.2 Å². The first kappa shape index (κ1) is 21.1. The molecule has 1 amide bonds. The van der Waals surface area contributed by atoms with Crippen LogP contribution in [-0.2, 0) is 9.59 Å². The Bertz CT molecular complexity index is 1260. The van der Waals surface area contributed by atoms with Crippen LogP contribution in [0.3, 0.4) is 0 Å². The lowest BCUT2D eigenvalue weighted by Crippen LogP contribution is -2.29. The topological polar surface area (TPSA) is 57.6 Å². The molecule has 3 aromatic rings. The van der Waals surface area contributed by atoms with Gasteiger partial charge >= 0.3 is 0 Å². The van der Waals surface area contributed by atoms with E-state index in [0.29, 0.717) is 5.56 Å². The van der Waals surface area contributed by atoms with Crippen LogP contribution in [0.2, 0.25) is 10.0 Å². The Morgan fingerprint density at radius 1 is 0.968 bits per heavy atom. The maximum Gasteiger partial charge on any atom is 0.300 e. The molecule has 1 aliphatic rings. The molecular weight excluding hydrogens is 440 g/mol. The highest BCUT2D eigenvalue weighted by Crippen LogP contribution is 2.42. The SMILES string of the molecule is Cc1cccc(C2/C(=C(\O)c3ccc(Cl)c(Cl)c3)C(=O)C(=O)N2c2cccc(F)c2)c1. The molecule has 3 aromatic carbocycles. The van der Waals surface area contributed by atoms with Crippen molar-refractivity contribution in [1.82, 2.24) is 0 Å². The monoisotopic (exact) mass is 455 g/mol. The average molecular weight is 456 g/mol. The van der Waals surface area contributed by atoms with Crippen LogP contribution < -0.4 is 4.90 Å². The van der Waals surface area contributed by atoms with E-state index in [1.165, 1.54) is 47.4 Å². The van der Waals surface area contributed by atoms with Gasteiger partial charge in [-0.2, -0.15) is 0 Å². The molecule has 0 saturated carbocycles. The summed E-state index contributed by atoms with van der Waals surface area (Å²) in [6.45, 7) is 1.87. The van der Waals surface area contributed by atoms with Crippen LogP contribution in [-0.4, -0.2) is 16.8 Å². The third-order valence-corrected chi connectivity index (χ3v) is 5.82. The number of rotatable bonds is 3. The zero-order valence-electron chi connectivity index (χ0n) is 16.3. The second kappa shape index (κ2) is 8.17. The largest absolute Gasteiger partial charge is 0.507 e. The van der Waals surface area contributed by atoms with E-state index in [-0.39, 0.29) is 32.6 Å². The molecular formula is C24H16Cl2FNO3. The third kappa shape index (κ3) is 3.82. The summed E-state index contributed by atoms with van der Waals surface area (Å²) < 4.78 is 13.9. The molecule has 1 fully saturated rings. The van der Waals surface area contributed by atoms with E-state index in [1.807, 2.05) is 19.1 Å². The molecule has 0 radical (unpaired) electrons. The Balaban J connectivity index is 1.97.